The average Bonchev–Trinajstić information content (AvgIpc) is 2.71. The van der Waals surface area contributed by atoms with E-state index in [0.29, 0.717) is 34.4 Å². The van der Waals surface area contributed by atoms with Crippen molar-refractivity contribution in [2.24, 2.45) is 0 Å². The minimum atomic E-state index is -0.504. The third-order valence-electron chi connectivity index (χ3n) is 3.70. The average molecular weight is 407 g/mol. The molecule has 0 saturated heterocycles. The fraction of sp³-hybridized carbons (Fsp3) is 0.300. The molecule has 0 aliphatic heterocycles. The van der Waals surface area contributed by atoms with Crippen molar-refractivity contribution in [3.63, 3.8) is 0 Å². The molecule has 0 spiro atoms. The van der Waals surface area contributed by atoms with Gasteiger partial charge in [-0.05, 0) is 55.3 Å². The topological polar surface area (TPSA) is 85.9 Å². The smallest absolute Gasteiger partial charge is 0.276 e. The second-order valence-electron chi connectivity index (χ2n) is 5.92. The number of methoxy groups -OCH3 is 1. The minimum Gasteiger partial charge on any atom is -0.493 e. The van der Waals surface area contributed by atoms with Crippen molar-refractivity contribution in [2.75, 3.05) is 20.3 Å². The van der Waals surface area contributed by atoms with Gasteiger partial charge in [0.25, 0.3) is 11.8 Å². The zero-order valence-corrected chi connectivity index (χ0v) is 16.8. The molecular formula is C20H23ClN2O5. The predicted molar refractivity (Wildman–Crippen MR) is 106 cm³/mol. The molecule has 0 atom stereocenters. The number of carbonyl (C=O) groups excluding carboxylic acids is 2. The number of amides is 2. The van der Waals surface area contributed by atoms with E-state index >= 15 is 0 Å². The number of hydrogen-bond donors (Lipinski definition) is 2. The monoisotopic (exact) mass is 406 g/mol. The summed E-state index contributed by atoms with van der Waals surface area (Å²) in [6.07, 6.45) is 0.856. The molecule has 0 aliphatic rings. The van der Waals surface area contributed by atoms with Crippen LogP contribution in [-0.4, -0.2) is 32.1 Å². The zero-order valence-electron chi connectivity index (χ0n) is 16.0. The lowest BCUT2D eigenvalue weighted by molar-refractivity contribution is -0.123. The number of hydrogen-bond acceptors (Lipinski definition) is 5. The van der Waals surface area contributed by atoms with Gasteiger partial charge < -0.3 is 14.2 Å². The van der Waals surface area contributed by atoms with E-state index in [9.17, 15) is 9.59 Å². The Bertz CT molecular complexity index is 841. The van der Waals surface area contributed by atoms with E-state index < -0.39 is 11.8 Å². The highest BCUT2D eigenvalue weighted by atomic mass is 35.5. The van der Waals surface area contributed by atoms with Gasteiger partial charge in [0.05, 0.1) is 13.7 Å². The van der Waals surface area contributed by atoms with Crippen molar-refractivity contribution in [1.82, 2.24) is 10.9 Å². The van der Waals surface area contributed by atoms with Gasteiger partial charge in [-0.1, -0.05) is 18.5 Å². The third kappa shape index (κ3) is 6.06. The van der Waals surface area contributed by atoms with Crippen molar-refractivity contribution in [3.05, 3.63) is 52.5 Å². The molecule has 2 rings (SSSR count). The van der Waals surface area contributed by atoms with E-state index in [-0.39, 0.29) is 6.61 Å². The lowest BCUT2D eigenvalue weighted by Crippen LogP contribution is -2.43. The Hall–Kier alpha value is -2.93. The fourth-order valence-electron chi connectivity index (χ4n) is 2.23. The molecule has 0 heterocycles. The van der Waals surface area contributed by atoms with E-state index in [1.165, 1.54) is 7.11 Å². The number of hydrazine groups is 1. The van der Waals surface area contributed by atoms with Crippen molar-refractivity contribution in [3.8, 4) is 17.2 Å². The highest BCUT2D eigenvalue weighted by molar-refractivity contribution is 6.31. The Morgan fingerprint density at radius 3 is 2.50 bits per heavy atom. The first-order valence-electron chi connectivity index (χ1n) is 8.73. The number of benzene rings is 2. The van der Waals surface area contributed by atoms with Crippen molar-refractivity contribution >= 4 is 23.4 Å². The largest absolute Gasteiger partial charge is 0.493 e. The number of nitrogens with one attached hydrogen (secondary N) is 2. The summed E-state index contributed by atoms with van der Waals surface area (Å²) >= 11 is 5.94. The van der Waals surface area contributed by atoms with Crippen LogP contribution in [0.1, 0.15) is 29.3 Å². The van der Waals surface area contributed by atoms with Crippen LogP contribution in [0.2, 0.25) is 5.02 Å². The summed E-state index contributed by atoms with van der Waals surface area (Å²) in [4.78, 5) is 24.1. The number of aryl methyl sites for hydroxylation is 1. The molecule has 2 amide bonds. The van der Waals surface area contributed by atoms with Gasteiger partial charge in [0.1, 0.15) is 5.75 Å². The first-order valence-corrected chi connectivity index (χ1v) is 9.11. The summed E-state index contributed by atoms with van der Waals surface area (Å²) in [7, 11) is 1.49. The van der Waals surface area contributed by atoms with Crippen LogP contribution in [0.3, 0.4) is 0 Å². The highest BCUT2D eigenvalue weighted by Gasteiger charge is 2.12. The van der Waals surface area contributed by atoms with Crippen LogP contribution in [-0.2, 0) is 4.79 Å². The SMILES string of the molecule is CCCOc1ccc(C(=O)NNC(=O)COc2ccc(Cl)c(C)c2)cc1OC. The first-order chi connectivity index (χ1) is 13.4. The van der Waals surface area contributed by atoms with Gasteiger partial charge in [-0.15, -0.1) is 0 Å². The van der Waals surface area contributed by atoms with Crippen LogP contribution >= 0.6 is 11.6 Å². The second-order valence-corrected chi connectivity index (χ2v) is 6.32. The summed E-state index contributed by atoms with van der Waals surface area (Å²) in [5.41, 5.74) is 5.79. The lowest BCUT2D eigenvalue weighted by Gasteiger charge is -2.12. The number of halogens is 1. The Kier molecular flexibility index (Phi) is 7.95. The van der Waals surface area contributed by atoms with E-state index in [1.54, 1.807) is 36.4 Å². The van der Waals surface area contributed by atoms with E-state index in [0.717, 1.165) is 12.0 Å². The molecule has 150 valence electrons. The molecule has 0 aliphatic carbocycles. The molecule has 0 bridgehead atoms. The Balaban J connectivity index is 1.86. The maximum Gasteiger partial charge on any atom is 0.276 e. The predicted octanol–water partition coefficient (Wildman–Crippen LogP) is 3.29. The lowest BCUT2D eigenvalue weighted by atomic mass is 10.2. The van der Waals surface area contributed by atoms with Crippen LogP contribution in [0, 0.1) is 6.92 Å². The molecule has 2 aromatic carbocycles. The van der Waals surface area contributed by atoms with Crippen LogP contribution in [0.5, 0.6) is 17.2 Å². The van der Waals surface area contributed by atoms with Gasteiger partial charge in [-0.3, -0.25) is 20.4 Å². The summed E-state index contributed by atoms with van der Waals surface area (Å²) in [5, 5.41) is 0.616. The minimum absolute atomic E-state index is 0.255. The molecule has 0 aromatic heterocycles. The van der Waals surface area contributed by atoms with Gasteiger partial charge in [-0.25, -0.2) is 0 Å². The van der Waals surface area contributed by atoms with Gasteiger partial charge >= 0.3 is 0 Å². The van der Waals surface area contributed by atoms with Crippen molar-refractivity contribution in [1.29, 1.82) is 0 Å². The maximum atomic E-state index is 12.2. The number of ether oxygens (including phenoxy) is 3. The molecular weight excluding hydrogens is 384 g/mol. The number of carbonyl (C=O) groups is 2. The standard InChI is InChI=1S/C20H23ClN2O5/c1-4-9-27-17-8-5-14(11-18(17)26-3)20(25)23-22-19(24)12-28-15-6-7-16(21)13(2)10-15/h5-8,10-11H,4,9,12H2,1-3H3,(H,22,24)(H,23,25). The van der Waals surface area contributed by atoms with Crippen LogP contribution in [0.15, 0.2) is 36.4 Å². The molecule has 8 heteroatoms. The molecule has 0 fully saturated rings. The van der Waals surface area contributed by atoms with E-state index in [1.807, 2.05) is 13.8 Å². The number of rotatable bonds is 8. The van der Waals surface area contributed by atoms with Gasteiger partial charge in [0, 0.05) is 10.6 Å². The van der Waals surface area contributed by atoms with E-state index in [4.69, 9.17) is 25.8 Å². The Morgan fingerprint density at radius 2 is 1.82 bits per heavy atom. The van der Waals surface area contributed by atoms with Crippen molar-refractivity contribution in [2.45, 2.75) is 20.3 Å². The highest BCUT2D eigenvalue weighted by Crippen LogP contribution is 2.28. The maximum absolute atomic E-state index is 12.2. The third-order valence-corrected chi connectivity index (χ3v) is 4.13. The molecule has 2 N–H and O–H groups in total. The van der Waals surface area contributed by atoms with Crippen LogP contribution in [0.25, 0.3) is 0 Å². The molecule has 2 aromatic rings. The molecule has 0 saturated carbocycles. The van der Waals surface area contributed by atoms with Crippen LogP contribution in [0.4, 0.5) is 0 Å². The molecule has 28 heavy (non-hydrogen) atoms. The Labute approximate surface area is 168 Å². The van der Waals surface area contributed by atoms with Gasteiger partial charge in [-0.2, -0.15) is 0 Å². The Morgan fingerprint density at radius 1 is 1.04 bits per heavy atom. The van der Waals surface area contributed by atoms with Gasteiger partial charge in [0.2, 0.25) is 0 Å². The molecule has 0 radical (unpaired) electrons. The summed E-state index contributed by atoms with van der Waals surface area (Å²) < 4.78 is 16.2. The van der Waals surface area contributed by atoms with Gasteiger partial charge in [0.15, 0.2) is 18.1 Å². The summed E-state index contributed by atoms with van der Waals surface area (Å²) in [5.74, 6) is 0.507. The quantitative estimate of drug-likeness (QED) is 0.657. The second kappa shape index (κ2) is 10.4. The van der Waals surface area contributed by atoms with Crippen LogP contribution < -0.4 is 25.1 Å². The first kappa shape index (κ1) is 21.4. The normalized spacial score (nSPS) is 10.1. The summed E-state index contributed by atoms with van der Waals surface area (Å²) in [6, 6.07) is 9.85. The fourth-order valence-corrected chi connectivity index (χ4v) is 2.35. The zero-order chi connectivity index (χ0) is 20.5. The molecule has 7 nitrogen and oxygen atoms in total. The van der Waals surface area contributed by atoms with Crippen molar-refractivity contribution < 1.29 is 23.8 Å². The molecule has 0 unspecified atom stereocenters. The van der Waals surface area contributed by atoms with E-state index in [2.05, 4.69) is 10.9 Å². The summed E-state index contributed by atoms with van der Waals surface area (Å²) in [6.45, 7) is 4.12.